The van der Waals surface area contributed by atoms with Gasteiger partial charge in [0.2, 0.25) is 21.8 Å². The third kappa shape index (κ3) is 7.82. The molecule has 2 amide bonds. The van der Waals surface area contributed by atoms with Crippen molar-refractivity contribution in [1.82, 2.24) is 10.2 Å². The maximum absolute atomic E-state index is 13.5. The van der Waals surface area contributed by atoms with Crippen molar-refractivity contribution in [2.75, 3.05) is 17.1 Å². The molecule has 0 spiro atoms. The van der Waals surface area contributed by atoms with Gasteiger partial charge < -0.3 is 10.2 Å². The third-order valence-corrected chi connectivity index (χ3v) is 7.95. The fraction of sp³-hybridized carbons (Fsp3) is 0.500. The molecule has 0 radical (unpaired) electrons. The topological polar surface area (TPSA) is 86.8 Å². The monoisotopic (exact) mass is 513 g/mol. The smallest absolute Gasteiger partial charge is 0.243 e. The minimum Gasteiger partial charge on any atom is -0.352 e. The highest BCUT2D eigenvalue weighted by Gasteiger charge is 2.30. The molecule has 0 aromatic heterocycles. The highest BCUT2D eigenvalue weighted by atomic mass is 32.2. The molecule has 0 saturated heterocycles. The van der Waals surface area contributed by atoms with Crippen LogP contribution in [-0.2, 0) is 26.2 Å². The molecule has 7 nitrogen and oxygen atoms in total. The molecule has 0 unspecified atom stereocenters. The van der Waals surface area contributed by atoms with Crippen LogP contribution in [0.3, 0.4) is 0 Å². The number of rotatable bonds is 12. The average Bonchev–Trinajstić information content (AvgIpc) is 3.35. The molecule has 0 bridgehead atoms. The van der Waals surface area contributed by atoms with Crippen molar-refractivity contribution in [2.45, 2.75) is 77.4 Å². The fourth-order valence-electron chi connectivity index (χ4n) is 4.78. The highest BCUT2D eigenvalue weighted by Crippen LogP contribution is 2.21. The third-order valence-electron chi connectivity index (χ3n) is 6.76. The van der Waals surface area contributed by atoms with Crippen LogP contribution < -0.4 is 9.62 Å². The van der Waals surface area contributed by atoms with Gasteiger partial charge in [0, 0.05) is 25.6 Å². The van der Waals surface area contributed by atoms with E-state index in [1.54, 1.807) is 29.2 Å². The second-order valence-corrected chi connectivity index (χ2v) is 11.6. The summed E-state index contributed by atoms with van der Waals surface area (Å²) in [5.41, 5.74) is 2.67. The summed E-state index contributed by atoms with van der Waals surface area (Å²) < 4.78 is 26.1. The molecule has 1 N–H and O–H groups in total. The van der Waals surface area contributed by atoms with Crippen molar-refractivity contribution < 1.29 is 18.0 Å². The van der Waals surface area contributed by atoms with Gasteiger partial charge in [0.25, 0.3) is 0 Å². The van der Waals surface area contributed by atoms with Crippen LogP contribution in [-0.4, -0.2) is 50.0 Å². The number of anilines is 1. The molecule has 1 aliphatic carbocycles. The first-order valence-electron chi connectivity index (χ1n) is 12.9. The maximum Gasteiger partial charge on any atom is 0.243 e. The molecule has 0 aliphatic heterocycles. The van der Waals surface area contributed by atoms with Gasteiger partial charge in [0.05, 0.1) is 11.9 Å². The van der Waals surface area contributed by atoms with Crippen LogP contribution in [0.2, 0.25) is 0 Å². The van der Waals surface area contributed by atoms with Gasteiger partial charge in [0.1, 0.15) is 6.04 Å². The lowest BCUT2D eigenvalue weighted by molar-refractivity contribution is -0.141. The zero-order valence-corrected chi connectivity index (χ0v) is 22.5. The van der Waals surface area contributed by atoms with Crippen LogP contribution in [0.4, 0.5) is 5.69 Å². The Morgan fingerprint density at radius 1 is 1.03 bits per heavy atom. The molecule has 8 heteroatoms. The number of para-hydroxylation sites is 1. The Morgan fingerprint density at radius 3 is 2.25 bits per heavy atom. The van der Waals surface area contributed by atoms with Crippen molar-refractivity contribution in [3.05, 3.63) is 65.7 Å². The summed E-state index contributed by atoms with van der Waals surface area (Å²) >= 11 is 0. The number of amides is 2. The Hall–Kier alpha value is -2.87. The normalized spacial score (nSPS) is 14.9. The zero-order chi connectivity index (χ0) is 26.1. The number of sulfonamides is 1. The first kappa shape index (κ1) is 27.7. The standard InChI is InChI=1S/C28H39N3O4S/c1-4-26(28(33)29-24-11-8-9-12-24)30(21-23-18-16-22(2)17-19-23)27(32)15-10-20-31(36(3,34)35)25-13-6-5-7-14-25/h5-7,13-14,16-19,24,26H,4,8-12,15,20-21H2,1-3H3,(H,29,33)/t26-/m0/s1. The quantitative estimate of drug-likeness (QED) is 0.456. The molecular formula is C28H39N3O4S. The van der Waals surface area contributed by atoms with Gasteiger partial charge in [-0.3, -0.25) is 13.9 Å². The number of hydrogen-bond donors (Lipinski definition) is 1. The van der Waals surface area contributed by atoms with Gasteiger partial charge in [0.15, 0.2) is 0 Å². The van der Waals surface area contributed by atoms with Gasteiger partial charge in [-0.2, -0.15) is 0 Å². The number of benzene rings is 2. The number of hydrogen-bond acceptors (Lipinski definition) is 4. The lowest BCUT2D eigenvalue weighted by Gasteiger charge is -2.32. The predicted molar refractivity (Wildman–Crippen MR) is 144 cm³/mol. The van der Waals surface area contributed by atoms with E-state index in [9.17, 15) is 18.0 Å². The van der Waals surface area contributed by atoms with E-state index in [4.69, 9.17) is 0 Å². The molecule has 196 valence electrons. The summed E-state index contributed by atoms with van der Waals surface area (Å²) in [7, 11) is -3.49. The maximum atomic E-state index is 13.5. The largest absolute Gasteiger partial charge is 0.352 e. The van der Waals surface area contributed by atoms with Crippen molar-refractivity contribution in [1.29, 1.82) is 0 Å². The van der Waals surface area contributed by atoms with Gasteiger partial charge in [-0.05, 0) is 50.3 Å². The molecule has 3 rings (SSSR count). The Morgan fingerprint density at radius 2 is 1.67 bits per heavy atom. The predicted octanol–water partition coefficient (Wildman–Crippen LogP) is 4.41. The molecule has 1 fully saturated rings. The van der Waals surface area contributed by atoms with Crippen LogP contribution in [0.25, 0.3) is 0 Å². The Balaban J connectivity index is 1.74. The van der Waals surface area contributed by atoms with Crippen molar-refractivity contribution >= 4 is 27.5 Å². The van der Waals surface area contributed by atoms with Crippen molar-refractivity contribution in [2.24, 2.45) is 0 Å². The molecule has 2 aromatic rings. The Kier molecular flexibility index (Phi) is 9.93. The second kappa shape index (κ2) is 12.9. The van der Waals surface area contributed by atoms with Crippen LogP contribution in [0, 0.1) is 6.92 Å². The Bertz CT molecular complexity index is 1100. The summed E-state index contributed by atoms with van der Waals surface area (Å²) in [6.45, 7) is 4.47. The molecule has 0 heterocycles. The first-order chi connectivity index (χ1) is 17.2. The SMILES string of the molecule is CC[C@@H](C(=O)NC1CCCC1)N(Cc1ccc(C)cc1)C(=O)CCCN(c1ccccc1)S(C)(=O)=O. The van der Waals surface area contributed by atoms with E-state index >= 15 is 0 Å². The average molecular weight is 514 g/mol. The molecule has 1 aliphatic rings. The second-order valence-electron chi connectivity index (χ2n) is 9.70. The number of carbonyl (C=O) groups is 2. The number of nitrogens with zero attached hydrogens (tertiary/aromatic N) is 2. The van der Waals surface area contributed by atoms with E-state index in [1.165, 1.54) is 10.6 Å². The number of nitrogens with one attached hydrogen (secondary N) is 1. The van der Waals surface area contributed by atoms with Crippen LogP contribution in [0.15, 0.2) is 54.6 Å². The van der Waals surface area contributed by atoms with E-state index < -0.39 is 16.1 Å². The lowest BCUT2D eigenvalue weighted by Crippen LogP contribution is -2.51. The van der Waals surface area contributed by atoms with Gasteiger partial charge in [-0.1, -0.05) is 67.8 Å². The summed E-state index contributed by atoms with van der Waals surface area (Å²) in [6.07, 6.45) is 6.38. The lowest BCUT2D eigenvalue weighted by atomic mass is 10.1. The van der Waals surface area contributed by atoms with E-state index in [0.29, 0.717) is 25.1 Å². The van der Waals surface area contributed by atoms with Crippen LogP contribution >= 0.6 is 0 Å². The number of aryl methyl sites for hydroxylation is 1. The van der Waals surface area contributed by atoms with E-state index in [2.05, 4.69) is 5.32 Å². The van der Waals surface area contributed by atoms with Crippen LogP contribution in [0.1, 0.15) is 63.0 Å². The minimum atomic E-state index is -3.49. The van der Waals surface area contributed by atoms with Crippen molar-refractivity contribution in [3.63, 3.8) is 0 Å². The summed E-state index contributed by atoms with van der Waals surface area (Å²) in [5.74, 6) is -0.252. The highest BCUT2D eigenvalue weighted by molar-refractivity contribution is 7.92. The number of carbonyl (C=O) groups excluding carboxylic acids is 2. The van der Waals surface area contributed by atoms with Crippen LogP contribution in [0.5, 0.6) is 0 Å². The summed E-state index contributed by atoms with van der Waals surface area (Å²) in [4.78, 5) is 28.4. The molecular weight excluding hydrogens is 474 g/mol. The zero-order valence-electron chi connectivity index (χ0n) is 21.7. The van der Waals surface area contributed by atoms with Gasteiger partial charge in [-0.15, -0.1) is 0 Å². The summed E-state index contributed by atoms with van der Waals surface area (Å²) in [6, 6.07) is 16.5. The molecule has 1 atom stereocenters. The van der Waals surface area contributed by atoms with Gasteiger partial charge >= 0.3 is 0 Å². The van der Waals surface area contributed by atoms with E-state index in [-0.39, 0.29) is 30.8 Å². The van der Waals surface area contributed by atoms with Gasteiger partial charge in [-0.25, -0.2) is 8.42 Å². The van der Waals surface area contributed by atoms with Crippen molar-refractivity contribution in [3.8, 4) is 0 Å². The van der Waals surface area contributed by atoms with E-state index in [0.717, 1.165) is 36.8 Å². The molecule has 2 aromatic carbocycles. The first-order valence-corrected chi connectivity index (χ1v) is 14.7. The summed E-state index contributed by atoms with van der Waals surface area (Å²) in [5, 5.41) is 3.16. The minimum absolute atomic E-state index is 0.105. The molecule has 36 heavy (non-hydrogen) atoms. The molecule has 1 saturated carbocycles. The fourth-order valence-corrected chi connectivity index (χ4v) is 5.74. The Labute approximate surface area is 215 Å². The van der Waals surface area contributed by atoms with E-state index in [1.807, 2.05) is 44.2 Å².